The summed E-state index contributed by atoms with van der Waals surface area (Å²) in [6.07, 6.45) is 4.25. The molecule has 0 fully saturated rings. The van der Waals surface area contributed by atoms with Gasteiger partial charge in [-0.15, -0.1) is 0 Å². The Hall–Kier alpha value is -4.04. The number of cyclic esters (lactones) is 1. The number of esters is 1. The van der Waals surface area contributed by atoms with E-state index < -0.39 is 11.5 Å². The number of carbonyl (C=O) groups is 1. The number of carbonyl (C=O) groups excluding carboxylic acids is 1. The molecule has 2 aliphatic heterocycles. The average Bonchev–Trinajstić information content (AvgIpc) is 3.46. The van der Waals surface area contributed by atoms with Crippen LogP contribution in [-0.4, -0.2) is 22.3 Å². The molecule has 0 saturated heterocycles. The Bertz CT molecular complexity index is 1540. The van der Waals surface area contributed by atoms with Gasteiger partial charge in [-0.25, -0.2) is 4.79 Å². The fourth-order valence-corrected chi connectivity index (χ4v) is 5.72. The Kier molecular flexibility index (Phi) is 5.96. The third-order valence-corrected chi connectivity index (χ3v) is 7.56. The third kappa shape index (κ3) is 3.62. The molecule has 4 aromatic rings. The standard InChI is InChI=1S/C32H31N3O2/c1-3-5-20-34-22-19-27(23-13-8-11-17-28(23)34)32(26-16-10-7-14-24(26)31(36)37-32)30-25-15-9-12-18-29(25)35(33-30)21-6-4-2/h7-18,27H,3-6,20-21H2,1-2H3. The maximum Gasteiger partial charge on any atom is 0.339 e. The lowest BCUT2D eigenvalue weighted by molar-refractivity contribution is 0.00429. The number of ether oxygens (including phenoxy) is 1. The number of anilines is 1. The third-order valence-electron chi connectivity index (χ3n) is 7.56. The fourth-order valence-electron chi connectivity index (χ4n) is 5.72. The molecule has 1 aromatic heterocycles. The van der Waals surface area contributed by atoms with E-state index >= 15 is 0 Å². The van der Waals surface area contributed by atoms with Crippen molar-refractivity contribution in [1.82, 2.24) is 9.78 Å². The Morgan fingerprint density at radius 2 is 1.65 bits per heavy atom. The van der Waals surface area contributed by atoms with Gasteiger partial charge in [-0.2, -0.15) is 5.10 Å². The number of rotatable bonds is 8. The fraction of sp³-hybridized carbons (Fsp3) is 0.312. The molecule has 0 amide bonds. The van der Waals surface area contributed by atoms with E-state index in [0.717, 1.165) is 72.2 Å². The first-order valence-electron chi connectivity index (χ1n) is 13.4. The van der Waals surface area contributed by atoms with Crippen molar-refractivity contribution in [2.75, 3.05) is 11.4 Å². The molecule has 2 atom stereocenters. The number of benzene rings is 3. The van der Waals surface area contributed by atoms with Gasteiger partial charge in [0.05, 0.1) is 22.7 Å². The highest BCUT2D eigenvalue weighted by Gasteiger charge is 2.56. The Labute approximate surface area is 218 Å². The molecular formula is C32H31N3O2. The van der Waals surface area contributed by atoms with Gasteiger partial charge in [0.15, 0.2) is 0 Å². The molecule has 37 heavy (non-hydrogen) atoms. The van der Waals surface area contributed by atoms with Crippen molar-refractivity contribution in [1.29, 1.82) is 0 Å². The highest BCUT2D eigenvalue weighted by atomic mass is 16.6. The minimum atomic E-state index is -1.15. The van der Waals surface area contributed by atoms with Crippen LogP contribution in [0.25, 0.3) is 10.9 Å². The monoisotopic (exact) mass is 489 g/mol. The minimum Gasteiger partial charge on any atom is -0.442 e. The molecule has 0 radical (unpaired) electrons. The predicted octanol–water partition coefficient (Wildman–Crippen LogP) is 6.62. The van der Waals surface area contributed by atoms with Crippen molar-refractivity contribution in [2.45, 2.75) is 57.6 Å². The molecule has 186 valence electrons. The van der Waals surface area contributed by atoms with Crippen LogP contribution in [-0.2, 0) is 16.9 Å². The van der Waals surface area contributed by atoms with E-state index in [1.165, 1.54) is 0 Å². The van der Waals surface area contributed by atoms with Crippen molar-refractivity contribution < 1.29 is 9.53 Å². The van der Waals surface area contributed by atoms with Crippen LogP contribution in [0.1, 0.15) is 72.6 Å². The first-order valence-corrected chi connectivity index (χ1v) is 13.4. The van der Waals surface area contributed by atoms with Gasteiger partial charge in [-0.3, -0.25) is 4.68 Å². The van der Waals surface area contributed by atoms with Crippen LogP contribution < -0.4 is 4.90 Å². The molecule has 6 rings (SSSR count). The van der Waals surface area contributed by atoms with Gasteiger partial charge in [0, 0.05) is 30.1 Å². The van der Waals surface area contributed by atoms with E-state index in [4.69, 9.17) is 9.84 Å². The summed E-state index contributed by atoms with van der Waals surface area (Å²) in [5.41, 5.74) is 4.22. The number of aryl methyl sites for hydroxylation is 1. The molecule has 0 N–H and O–H groups in total. The molecule has 0 bridgehead atoms. The molecule has 2 aliphatic rings. The van der Waals surface area contributed by atoms with Crippen LogP contribution in [0.15, 0.2) is 72.8 Å². The minimum absolute atomic E-state index is 0.324. The van der Waals surface area contributed by atoms with Crippen LogP contribution in [0.5, 0.6) is 0 Å². The summed E-state index contributed by atoms with van der Waals surface area (Å²) < 4.78 is 8.58. The van der Waals surface area contributed by atoms with Crippen LogP contribution in [0.2, 0.25) is 0 Å². The zero-order chi connectivity index (χ0) is 25.4. The quantitative estimate of drug-likeness (QED) is 0.206. The number of aromatic nitrogens is 2. The second kappa shape index (κ2) is 9.44. The average molecular weight is 490 g/mol. The number of hydrogen-bond acceptors (Lipinski definition) is 4. The summed E-state index contributed by atoms with van der Waals surface area (Å²) in [6.45, 7) is 6.05. The van der Waals surface area contributed by atoms with Crippen molar-refractivity contribution in [3.05, 3.63) is 95.2 Å². The van der Waals surface area contributed by atoms with Crippen molar-refractivity contribution in [3.63, 3.8) is 0 Å². The van der Waals surface area contributed by atoms with Crippen LogP contribution in [0.4, 0.5) is 5.69 Å². The number of fused-ring (bicyclic) bond motifs is 3. The van der Waals surface area contributed by atoms with Gasteiger partial charge in [-0.1, -0.05) is 87.2 Å². The van der Waals surface area contributed by atoms with Crippen LogP contribution in [0.3, 0.4) is 0 Å². The van der Waals surface area contributed by atoms with E-state index in [0.29, 0.717) is 5.56 Å². The zero-order valence-electron chi connectivity index (χ0n) is 21.4. The SMILES string of the molecule is CCCCN1C#CC(C2(c3nn(CCCC)c4ccccc34)OC(=O)c3ccccc32)c2ccccc21. The lowest BCUT2D eigenvalue weighted by Gasteiger charge is -2.37. The summed E-state index contributed by atoms with van der Waals surface area (Å²) in [5, 5.41) is 6.19. The smallest absolute Gasteiger partial charge is 0.339 e. The molecule has 0 spiro atoms. The summed E-state index contributed by atoms with van der Waals surface area (Å²) in [5.74, 6) is 2.82. The second-order valence-corrected chi connectivity index (χ2v) is 9.87. The first kappa shape index (κ1) is 23.4. The normalized spacial score (nSPS) is 19.8. The lowest BCUT2D eigenvalue weighted by atomic mass is 9.73. The lowest BCUT2D eigenvalue weighted by Crippen LogP contribution is -2.38. The number of unbranched alkanes of at least 4 members (excludes halogenated alkanes) is 2. The van der Waals surface area contributed by atoms with E-state index in [1.54, 1.807) is 0 Å². The van der Waals surface area contributed by atoms with Crippen LogP contribution in [0, 0.1) is 12.0 Å². The largest absolute Gasteiger partial charge is 0.442 e. The summed E-state index contributed by atoms with van der Waals surface area (Å²) in [7, 11) is 0. The Morgan fingerprint density at radius 3 is 2.51 bits per heavy atom. The summed E-state index contributed by atoms with van der Waals surface area (Å²) in [6, 6.07) is 27.8. The number of nitrogens with zero attached hydrogens (tertiary/aromatic N) is 3. The van der Waals surface area contributed by atoms with Gasteiger partial charge in [-0.05, 0) is 36.6 Å². The predicted molar refractivity (Wildman–Crippen MR) is 146 cm³/mol. The van der Waals surface area contributed by atoms with Crippen molar-refractivity contribution >= 4 is 22.6 Å². The van der Waals surface area contributed by atoms with Gasteiger partial charge < -0.3 is 9.64 Å². The molecule has 3 heterocycles. The van der Waals surface area contributed by atoms with Crippen LogP contribution >= 0.6 is 0 Å². The maximum atomic E-state index is 13.4. The van der Waals surface area contributed by atoms with E-state index in [-0.39, 0.29) is 5.97 Å². The number of para-hydroxylation sites is 2. The molecule has 0 aliphatic carbocycles. The Balaban J connectivity index is 1.63. The topological polar surface area (TPSA) is 47.4 Å². The Morgan fingerprint density at radius 1 is 0.919 bits per heavy atom. The van der Waals surface area contributed by atoms with E-state index in [2.05, 4.69) is 65.7 Å². The summed E-state index contributed by atoms with van der Waals surface area (Å²) in [4.78, 5) is 15.6. The highest BCUT2D eigenvalue weighted by molar-refractivity contribution is 5.97. The molecule has 3 aromatic carbocycles. The molecule has 5 heteroatoms. The second-order valence-electron chi connectivity index (χ2n) is 9.87. The van der Waals surface area contributed by atoms with E-state index in [1.807, 2.05) is 42.5 Å². The molecule has 0 saturated carbocycles. The van der Waals surface area contributed by atoms with Crippen molar-refractivity contribution in [3.8, 4) is 12.0 Å². The maximum absolute atomic E-state index is 13.4. The highest BCUT2D eigenvalue weighted by Crippen LogP contribution is 2.54. The zero-order valence-corrected chi connectivity index (χ0v) is 21.4. The van der Waals surface area contributed by atoms with Gasteiger partial charge in [0.25, 0.3) is 0 Å². The van der Waals surface area contributed by atoms with Crippen molar-refractivity contribution in [2.24, 2.45) is 0 Å². The number of hydrogen-bond donors (Lipinski definition) is 0. The first-order chi connectivity index (χ1) is 18.2. The summed E-state index contributed by atoms with van der Waals surface area (Å²) >= 11 is 0. The molecule has 2 unspecified atom stereocenters. The van der Waals surface area contributed by atoms with Gasteiger partial charge in [0.1, 0.15) is 5.69 Å². The van der Waals surface area contributed by atoms with Gasteiger partial charge in [0.2, 0.25) is 5.60 Å². The van der Waals surface area contributed by atoms with Gasteiger partial charge >= 0.3 is 5.97 Å². The molecule has 5 nitrogen and oxygen atoms in total. The van der Waals surface area contributed by atoms with E-state index in [9.17, 15) is 4.79 Å². The molecular weight excluding hydrogens is 458 g/mol.